The van der Waals surface area contributed by atoms with Crippen LogP contribution in [0.3, 0.4) is 0 Å². The Labute approximate surface area is 101 Å². The van der Waals surface area contributed by atoms with Crippen LogP contribution in [-0.4, -0.2) is 26.2 Å². The van der Waals surface area contributed by atoms with Crippen molar-refractivity contribution in [2.75, 3.05) is 24.3 Å². The van der Waals surface area contributed by atoms with E-state index < -0.39 is 0 Å². The fraction of sp³-hybridized carbons (Fsp3) is 0.417. The molecule has 1 aliphatic heterocycles. The molecule has 1 amide bonds. The van der Waals surface area contributed by atoms with Gasteiger partial charge in [0, 0.05) is 18.3 Å². The second-order valence-electron chi connectivity index (χ2n) is 4.06. The Hall–Kier alpha value is -1.91. The highest BCUT2D eigenvalue weighted by molar-refractivity contribution is 5.63. The number of nitrogen functional groups attached to an aromatic ring is 1. The molecule has 5 nitrogen and oxygen atoms in total. The average molecular weight is 235 g/mol. The second-order valence-corrected chi connectivity index (χ2v) is 4.06. The highest BCUT2D eigenvalue weighted by Crippen LogP contribution is 2.30. The minimum atomic E-state index is 0.0702. The van der Waals surface area contributed by atoms with Crippen LogP contribution in [0.5, 0.6) is 5.75 Å². The van der Waals surface area contributed by atoms with Gasteiger partial charge in [0.1, 0.15) is 11.9 Å². The van der Waals surface area contributed by atoms with E-state index in [0.29, 0.717) is 11.4 Å². The van der Waals surface area contributed by atoms with Crippen LogP contribution >= 0.6 is 0 Å². The third-order valence-electron chi connectivity index (χ3n) is 3.06. The van der Waals surface area contributed by atoms with Crippen molar-refractivity contribution < 1.29 is 9.53 Å². The summed E-state index contributed by atoms with van der Waals surface area (Å²) >= 11 is 0. The number of methoxy groups -OCH3 is 1. The molecule has 92 valence electrons. The number of nitrogens with two attached hydrogens (primary N) is 1. The molecule has 5 heteroatoms. The van der Waals surface area contributed by atoms with Crippen LogP contribution in [-0.2, 0) is 4.79 Å². The number of benzene rings is 1. The highest BCUT2D eigenvalue weighted by atomic mass is 16.5. The first-order valence-corrected chi connectivity index (χ1v) is 5.66. The number of rotatable bonds is 4. The largest absolute Gasteiger partial charge is 0.495 e. The van der Waals surface area contributed by atoms with Crippen molar-refractivity contribution >= 4 is 17.8 Å². The van der Waals surface area contributed by atoms with E-state index in [1.165, 1.54) is 0 Å². The van der Waals surface area contributed by atoms with Crippen molar-refractivity contribution in [2.24, 2.45) is 0 Å². The molecule has 1 aromatic rings. The predicted octanol–water partition coefficient (Wildman–Crippen LogP) is 0.950. The first kappa shape index (κ1) is 11.6. The molecule has 3 N–H and O–H groups in total. The summed E-state index contributed by atoms with van der Waals surface area (Å²) < 4.78 is 5.20. The van der Waals surface area contributed by atoms with Gasteiger partial charge in [-0.3, -0.25) is 4.79 Å². The van der Waals surface area contributed by atoms with E-state index in [2.05, 4.69) is 10.2 Å². The summed E-state index contributed by atoms with van der Waals surface area (Å²) in [6.45, 7) is 0.929. The Morgan fingerprint density at radius 2 is 2.41 bits per heavy atom. The zero-order chi connectivity index (χ0) is 12.3. The number of amides is 1. The molecule has 0 radical (unpaired) electrons. The molecule has 1 saturated heterocycles. The molecule has 1 aromatic carbocycles. The van der Waals surface area contributed by atoms with Crippen LogP contribution in [0.25, 0.3) is 0 Å². The van der Waals surface area contributed by atoms with Gasteiger partial charge in [0.2, 0.25) is 6.41 Å². The van der Waals surface area contributed by atoms with E-state index in [9.17, 15) is 4.79 Å². The summed E-state index contributed by atoms with van der Waals surface area (Å²) in [6.07, 6.45) is 2.85. The molecule has 1 fully saturated rings. The van der Waals surface area contributed by atoms with E-state index in [1.54, 1.807) is 7.11 Å². The van der Waals surface area contributed by atoms with Gasteiger partial charge in [0.05, 0.1) is 12.8 Å². The van der Waals surface area contributed by atoms with Crippen molar-refractivity contribution in [3.05, 3.63) is 18.2 Å². The lowest BCUT2D eigenvalue weighted by atomic mass is 10.2. The maximum Gasteiger partial charge on any atom is 0.208 e. The molecule has 0 saturated carbocycles. The van der Waals surface area contributed by atoms with Crippen LogP contribution in [0.2, 0.25) is 0 Å². The minimum Gasteiger partial charge on any atom is -0.495 e. The van der Waals surface area contributed by atoms with Crippen molar-refractivity contribution in [2.45, 2.75) is 19.0 Å². The molecule has 0 aromatic heterocycles. The molecule has 2 rings (SSSR count). The van der Waals surface area contributed by atoms with E-state index in [4.69, 9.17) is 10.5 Å². The zero-order valence-corrected chi connectivity index (χ0v) is 9.85. The van der Waals surface area contributed by atoms with Gasteiger partial charge in [-0.05, 0) is 25.0 Å². The van der Waals surface area contributed by atoms with Gasteiger partial charge in [0.25, 0.3) is 0 Å². The van der Waals surface area contributed by atoms with Gasteiger partial charge in [0.15, 0.2) is 0 Å². The third-order valence-corrected chi connectivity index (χ3v) is 3.06. The standard InChI is InChI=1S/C12H17N3O2/c1-17-11-7-9(4-5-10(11)13)15-6-2-3-12(15)14-8-16/h4-5,7-8,12H,2-3,6,13H2,1H3,(H,14,16)/t12-/m0/s1. The van der Waals surface area contributed by atoms with Gasteiger partial charge >= 0.3 is 0 Å². The Morgan fingerprint density at radius 1 is 1.59 bits per heavy atom. The van der Waals surface area contributed by atoms with Gasteiger partial charge < -0.3 is 20.7 Å². The fourth-order valence-electron chi connectivity index (χ4n) is 2.21. The number of nitrogens with zero attached hydrogens (tertiary/aromatic N) is 1. The Balaban J connectivity index is 2.23. The topological polar surface area (TPSA) is 67.6 Å². The molecule has 1 atom stereocenters. The minimum absolute atomic E-state index is 0.0702. The van der Waals surface area contributed by atoms with Gasteiger partial charge in [-0.1, -0.05) is 0 Å². The molecule has 1 heterocycles. The normalized spacial score (nSPS) is 19.1. The molecule has 0 aliphatic carbocycles. The zero-order valence-electron chi connectivity index (χ0n) is 9.85. The number of hydrogen-bond donors (Lipinski definition) is 2. The number of carbonyl (C=O) groups excluding carboxylic acids is 1. The van der Waals surface area contributed by atoms with E-state index in [-0.39, 0.29) is 6.17 Å². The Morgan fingerprint density at radius 3 is 3.12 bits per heavy atom. The Bertz CT molecular complexity index is 409. The quantitative estimate of drug-likeness (QED) is 0.602. The van der Waals surface area contributed by atoms with Crippen LogP contribution in [0.4, 0.5) is 11.4 Å². The smallest absolute Gasteiger partial charge is 0.208 e. The third kappa shape index (κ3) is 2.27. The lowest BCUT2D eigenvalue weighted by Crippen LogP contribution is -2.40. The van der Waals surface area contributed by atoms with Crippen molar-refractivity contribution in [1.82, 2.24) is 5.32 Å². The van der Waals surface area contributed by atoms with Crippen LogP contribution < -0.4 is 20.7 Å². The summed E-state index contributed by atoms with van der Waals surface area (Å²) in [7, 11) is 1.60. The fourth-order valence-corrected chi connectivity index (χ4v) is 2.21. The molecule has 17 heavy (non-hydrogen) atoms. The van der Waals surface area contributed by atoms with E-state index in [0.717, 1.165) is 31.5 Å². The summed E-state index contributed by atoms with van der Waals surface area (Å²) in [5, 5.41) is 2.82. The Kier molecular flexibility index (Phi) is 3.37. The first-order chi connectivity index (χ1) is 8.26. The van der Waals surface area contributed by atoms with Crippen molar-refractivity contribution in [1.29, 1.82) is 0 Å². The molecule has 1 aliphatic rings. The van der Waals surface area contributed by atoms with Gasteiger partial charge in [-0.15, -0.1) is 0 Å². The number of anilines is 2. The monoisotopic (exact) mass is 235 g/mol. The van der Waals surface area contributed by atoms with E-state index >= 15 is 0 Å². The SMILES string of the molecule is COc1cc(N2CCC[C@H]2NC=O)ccc1N. The van der Waals surface area contributed by atoms with Crippen LogP contribution in [0.15, 0.2) is 18.2 Å². The molecule has 0 bridgehead atoms. The first-order valence-electron chi connectivity index (χ1n) is 5.66. The lowest BCUT2D eigenvalue weighted by Gasteiger charge is -2.26. The van der Waals surface area contributed by atoms with Crippen LogP contribution in [0.1, 0.15) is 12.8 Å². The number of hydrogen-bond acceptors (Lipinski definition) is 4. The molecular formula is C12H17N3O2. The summed E-state index contributed by atoms with van der Waals surface area (Å²) in [6, 6.07) is 5.67. The number of nitrogens with one attached hydrogen (secondary N) is 1. The summed E-state index contributed by atoms with van der Waals surface area (Å²) in [4.78, 5) is 12.7. The summed E-state index contributed by atoms with van der Waals surface area (Å²) in [5.41, 5.74) is 7.42. The lowest BCUT2D eigenvalue weighted by molar-refractivity contribution is -0.110. The molecule has 0 spiro atoms. The van der Waals surface area contributed by atoms with Crippen molar-refractivity contribution in [3.63, 3.8) is 0 Å². The van der Waals surface area contributed by atoms with E-state index in [1.807, 2.05) is 18.2 Å². The maximum atomic E-state index is 10.5. The van der Waals surface area contributed by atoms with Crippen molar-refractivity contribution in [3.8, 4) is 5.75 Å². The molecular weight excluding hydrogens is 218 g/mol. The van der Waals surface area contributed by atoms with Crippen LogP contribution in [0, 0.1) is 0 Å². The number of carbonyl (C=O) groups is 1. The van der Waals surface area contributed by atoms with Gasteiger partial charge in [-0.2, -0.15) is 0 Å². The summed E-state index contributed by atoms with van der Waals surface area (Å²) in [5.74, 6) is 0.666. The maximum absolute atomic E-state index is 10.5. The second kappa shape index (κ2) is 4.95. The number of ether oxygens (including phenoxy) is 1. The highest BCUT2D eigenvalue weighted by Gasteiger charge is 2.24. The predicted molar refractivity (Wildman–Crippen MR) is 67.0 cm³/mol. The van der Waals surface area contributed by atoms with Gasteiger partial charge in [-0.25, -0.2) is 0 Å². The molecule has 0 unspecified atom stereocenters. The average Bonchev–Trinajstić information content (AvgIpc) is 2.78.